The molecule has 0 radical (unpaired) electrons. The quantitative estimate of drug-likeness (QED) is 0.0261. The van der Waals surface area contributed by atoms with Crippen molar-refractivity contribution in [1.29, 1.82) is 0 Å². The van der Waals surface area contributed by atoms with E-state index >= 15 is 0 Å². The molecule has 6 nitrogen and oxygen atoms in total. The lowest BCUT2D eigenvalue weighted by atomic mass is 10.0. The van der Waals surface area contributed by atoms with E-state index < -0.39 is 6.10 Å². The molecule has 0 N–H and O–H groups in total. The highest BCUT2D eigenvalue weighted by molar-refractivity contribution is 5.71. The highest BCUT2D eigenvalue weighted by atomic mass is 16.6. The number of hydrogen-bond acceptors (Lipinski definition) is 6. The van der Waals surface area contributed by atoms with Crippen LogP contribution in [-0.2, 0) is 28.6 Å². The molecule has 75 heavy (non-hydrogen) atoms. The van der Waals surface area contributed by atoms with Gasteiger partial charge in [-0.1, -0.05) is 266 Å². The van der Waals surface area contributed by atoms with Gasteiger partial charge in [0, 0.05) is 19.3 Å². The molecule has 0 saturated carbocycles. The van der Waals surface area contributed by atoms with Gasteiger partial charge in [0.05, 0.1) is 0 Å². The van der Waals surface area contributed by atoms with Gasteiger partial charge in [-0.05, 0) is 116 Å². The van der Waals surface area contributed by atoms with Crippen LogP contribution in [0, 0.1) is 0 Å². The third kappa shape index (κ3) is 61.3. The third-order valence-corrected chi connectivity index (χ3v) is 13.9. The van der Waals surface area contributed by atoms with Crippen LogP contribution in [0.25, 0.3) is 0 Å². The van der Waals surface area contributed by atoms with Crippen LogP contribution in [0.1, 0.15) is 316 Å². The zero-order valence-electron chi connectivity index (χ0n) is 49.6. The van der Waals surface area contributed by atoms with Gasteiger partial charge in [-0.2, -0.15) is 0 Å². The zero-order valence-corrected chi connectivity index (χ0v) is 49.6. The summed E-state index contributed by atoms with van der Waals surface area (Å²) in [5.41, 5.74) is 0. The largest absolute Gasteiger partial charge is 0.462 e. The van der Waals surface area contributed by atoms with Gasteiger partial charge in [0.1, 0.15) is 13.2 Å². The summed E-state index contributed by atoms with van der Waals surface area (Å²) in [4.78, 5) is 38.3. The second-order valence-corrected chi connectivity index (χ2v) is 21.3. The molecule has 0 aromatic carbocycles. The lowest BCUT2D eigenvalue weighted by Crippen LogP contribution is -2.30. The van der Waals surface area contributed by atoms with E-state index in [4.69, 9.17) is 14.2 Å². The molecule has 0 aliphatic carbocycles. The van der Waals surface area contributed by atoms with E-state index in [-0.39, 0.29) is 31.1 Å². The van der Waals surface area contributed by atoms with Crippen molar-refractivity contribution in [2.75, 3.05) is 13.2 Å². The average Bonchev–Trinajstić information content (AvgIpc) is 3.41. The van der Waals surface area contributed by atoms with Crippen LogP contribution >= 0.6 is 0 Å². The molecule has 432 valence electrons. The first-order valence-electron chi connectivity index (χ1n) is 32.1. The number of hydrogen-bond donors (Lipinski definition) is 0. The van der Waals surface area contributed by atoms with Crippen LogP contribution in [0.5, 0.6) is 0 Å². The summed E-state index contributed by atoms with van der Waals surface area (Å²) < 4.78 is 16.9. The molecule has 0 fully saturated rings. The van der Waals surface area contributed by atoms with Crippen LogP contribution in [0.2, 0.25) is 0 Å². The van der Waals surface area contributed by atoms with Crippen LogP contribution in [0.4, 0.5) is 0 Å². The van der Waals surface area contributed by atoms with Crippen molar-refractivity contribution < 1.29 is 28.6 Å². The molecule has 6 heteroatoms. The number of esters is 3. The van der Waals surface area contributed by atoms with Crippen molar-refractivity contribution in [1.82, 2.24) is 0 Å². The summed E-state index contributed by atoms with van der Waals surface area (Å²) in [5, 5.41) is 0. The Morgan fingerprint density at radius 3 is 0.853 bits per heavy atom. The third-order valence-electron chi connectivity index (χ3n) is 13.9. The Kier molecular flexibility index (Phi) is 60.3. The van der Waals surface area contributed by atoms with Gasteiger partial charge in [0.15, 0.2) is 6.10 Å². The van der Waals surface area contributed by atoms with Crippen molar-refractivity contribution >= 4 is 17.9 Å². The van der Waals surface area contributed by atoms with Crippen molar-refractivity contribution in [2.45, 2.75) is 322 Å². The summed E-state index contributed by atoms with van der Waals surface area (Å²) in [7, 11) is 0. The Morgan fingerprint density at radius 2 is 0.520 bits per heavy atom. The summed E-state index contributed by atoms with van der Waals surface area (Å²) in [6.07, 6.45) is 83.0. The van der Waals surface area contributed by atoms with Gasteiger partial charge in [-0.3, -0.25) is 14.4 Å². The number of carbonyl (C=O) groups is 3. The lowest BCUT2D eigenvalue weighted by molar-refractivity contribution is -0.167. The topological polar surface area (TPSA) is 78.9 Å². The molecular formula is C69H120O6. The Morgan fingerprint density at radius 1 is 0.280 bits per heavy atom. The van der Waals surface area contributed by atoms with Gasteiger partial charge in [0.25, 0.3) is 0 Å². The van der Waals surface area contributed by atoms with Gasteiger partial charge in [-0.15, -0.1) is 0 Å². The number of allylic oxidation sites excluding steroid dienone is 14. The van der Waals surface area contributed by atoms with Crippen molar-refractivity contribution in [2.24, 2.45) is 0 Å². The minimum absolute atomic E-state index is 0.0808. The minimum atomic E-state index is -0.783. The molecule has 1 atom stereocenters. The maximum absolute atomic E-state index is 12.9. The maximum Gasteiger partial charge on any atom is 0.306 e. The molecule has 0 saturated heterocycles. The number of ether oxygens (including phenoxy) is 3. The average molecular weight is 1050 g/mol. The molecule has 0 aliphatic heterocycles. The molecule has 0 aromatic heterocycles. The Bertz CT molecular complexity index is 1430. The predicted molar refractivity (Wildman–Crippen MR) is 325 cm³/mol. The molecule has 0 spiro atoms. The fraction of sp³-hybridized carbons (Fsp3) is 0.754. The predicted octanol–water partition coefficient (Wildman–Crippen LogP) is 21.9. The first-order chi connectivity index (χ1) is 37.0. The Hall–Kier alpha value is -3.41. The van der Waals surface area contributed by atoms with E-state index in [9.17, 15) is 14.4 Å². The van der Waals surface area contributed by atoms with Crippen LogP contribution in [0.15, 0.2) is 85.1 Å². The van der Waals surface area contributed by atoms with Crippen molar-refractivity contribution in [3.8, 4) is 0 Å². The molecule has 1 unspecified atom stereocenters. The first-order valence-corrected chi connectivity index (χ1v) is 32.1. The Balaban J connectivity index is 4.28. The molecule has 0 heterocycles. The number of unbranched alkanes of at least 4 members (excludes halogenated alkanes) is 33. The lowest BCUT2D eigenvalue weighted by Gasteiger charge is -2.18. The second kappa shape index (κ2) is 63.1. The Labute approximate surface area is 465 Å². The second-order valence-electron chi connectivity index (χ2n) is 21.3. The van der Waals surface area contributed by atoms with E-state index in [0.29, 0.717) is 19.3 Å². The van der Waals surface area contributed by atoms with Crippen LogP contribution < -0.4 is 0 Å². The monoisotopic (exact) mass is 1040 g/mol. The van der Waals surface area contributed by atoms with Crippen LogP contribution in [0.3, 0.4) is 0 Å². The van der Waals surface area contributed by atoms with Crippen molar-refractivity contribution in [3.05, 3.63) is 85.1 Å². The maximum atomic E-state index is 12.9. The standard InChI is InChI=1S/C69H120O6/c1-4-7-10-13-16-19-22-25-27-29-31-32-33-34-35-36-37-38-39-41-42-44-47-50-53-56-59-62-68(71)74-65-66(64-73-67(70)61-58-55-52-49-46-24-21-18-15-12-9-6-3)75-69(72)63-60-57-54-51-48-45-43-40-30-28-26-23-20-17-14-11-8-5-2/h7,10,16,18-19,21,25,27-28,30-32,34-35,66H,4-6,8-9,11-15,17,20,22-24,26,29,33,36-65H2,1-3H3/b10-7-,19-16-,21-18-,27-25-,30-28-,32-31-,35-34-. The molecule has 0 aliphatic rings. The van der Waals surface area contributed by atoms with E-state index in [1.165, 1.54) is 180 Å². The van der Waals surface area contributed by atoms with Gasteiger partial charge < -0.3 is 14.2 Å². The summed E-state index contributed by atoms with van der Waals surface area (Å²) in [5.74, 6) is -0.886. The van der Waals surface area contributed by atoms with Gasteiger partial charge in [-0.25, -0.2) is 0 Å². The summed E-state index contributed by atoms with van der Waals surface area (Å²) in [6, 6.07) is 0. The van der Waals surface area contributed by atoms with Gasteiger partial charge in [0.2, 0.25) is 0 Å². The van der Waals surface area contributed by atoms with E-state index in [1.807, 2.05) is 0 Å². The van der Waals surface area contributed by atoms with E-state index in [1.54, 1.807) is 0 Å². The molecule has 0 aromatic rings. The van der Waals surface area contributed by atoms with Crippen molar-refractivity contribution in [3.63, 3.8) is 0 Å². The highest BCUT2D eigenvalue weighted by Crippen LogP contribution is 2.16. The fourth-order valence-corrected chi connectivity index (χ4v) is 9.05. The number of rotatable bonds is 58. The molecule has 0 bridgehead atoms. The van der Waals surface area contributed by atoms with Crippen LogP contribution in [-0.4, -0.2) is 37.2 Å². The highest BCUT2D eigenvalue weighted by Gasteiger charge is 2.19. The molecule has 0 rings (SSSR count). The van der Waals surface area contributed by atoms with Gasteiger partial charge >= 0.3 is 17.9 Å². The van der Waals surface area contributed by atoms with E-state index in [2.05, 4.69) is 106 Å². The van der Waals surface area contributed by atoms with E-state index in [0.717, 1.165) is 96.3 Å². The normalized spacial score (nSPS) is 12.6. The summed E-state index contributed by atoms with van der Waals surface area (Å²) in [6.45, 7) is 6.52. The smallest absolute Gasteiger partial charge is 0.306 e. The molecule has 0 amide bonds. The fourth-order valence-electron chi connectivity index (χ4n) is 9.05. The number of carbonyl (C=O) groups excluding carboxylic acids is 3. The first kappa shape index (κ1) is 71.6. The zero-order chi connectivity index (χ0) is 54.3. The SMILES string of the molecule is CC/C=C\C/C=C\C/C=C\C/C=C\C/C=C\CCCCCCCCCCCCCC(=O)OCC(COC(=O)CCCCCCC/C=C\CCCCC)OC(=O)CCCCCCCCC/C=C\CCCCCCCCC. The minimum Gasteiger partial charge on any atom is -0.462 e. The summed E-state index contributed by atoms with van der Waals surface area (Å²) >= 11 is 0. The molecular weight excluding hydrogens is 925 g/mol.